The Bertz CT molecular complexity index is 1600. The molecule has 0 spiro atoms. The molecule has 218 valence electrons. The van der Waals surface area contributed by atoms with Gasteiger partial charge < -0.3 is 24.9 Å². The SMILES string of the molecule is CN(C(=O)CCC(=O)NCc1ccc(C(=O)Oc2ccc3cc(C(=N)N)ccc3c2)o1)C(=O)OCc1ccccc1.Cl. The highest BCUT2D eigenvalue weighted by atomic mass is 35.5. The van der Waals surface area contributed by atoms with Gasteiger partial charge in [0.25, 0.3) is 0 Å². The molecule has 11 nitrogen and oxygen atoms in total. The molecule has 42 heavy (non-hydrogen) atoms. The van der Waals surface area contributed by atoms with Crippen LogP contribution in [-0.4, -0.2) is 41.7 Å². The lowest BCUT2D eigenvalue weighted by Crippen LogP contribution is -2.34. The van der Waals surface area contributed by atoms with Gasteiger partial charge in [-0.15, -0.1) is 12.4 Å². The molecule has 0 bridgehead atoms. The van der Waals surface area contributed by atoms with Crippen molar-refractivity contribution in [1.29, 1.82) is 5.41 Å². The zero-order valence-corrected chi connectivity index (χ0v) is 23.4. The van der Waals surface area contributed by atoms with Crippen LogP contribution in [0.4, 0.5) is 4.79 Å². The fourth-order valence-corrected chi connectivity index (χ4v) is 3.78. The number of ether oxygens (including phenoxy) is 2. The number of hydrogen-bond acceptors (Lipinski definition) is 8. The van der Waals surface area contributed by atoms with E-state index in [4.69, 9.17) is 25.0 Å². The fourth-order valence-electron chi connectivity index (χ4n) is 3.78. The van der Waals surface area contributed by atoms with Gasteiger partial charge in [0.15, 0.2) is 0 Å². The summed E-state index contributed by atoms with van der Waals surface area (Å²) in [5, 5.41) is 11.8. The van der Waals surface area contributed by atoms with Crippen LogP contribution in [0.5, 0.6) is 5.75 Å². The highest BCUT2D eigenvalue weighted by Gasteiger charge is 2.20. The number of fused-ring (bicyclic) bond motifs is 1. The van der Waals surface area contributed by atoms with E-state index in [9.17, 15) is 19.2 Å². The molecule has 1 aromatic heterocycles. The molecule has 0 aliphatic carbocycles. The molecule has 12 heteroatoms. The van der Waals surface area contributed by atoms with Crippen molar-refractivity contribution < 1.29 is 33.1 Å². The van der Waals surface area contributed by atoms with Crippen molar-refractivity contribution in [1.82, 2.24) is 10.2 Å². The Hall–Kier alpha value is -5.16. The van der Waals surface area contributed by atoms with E-state index < -0.39 is 23.9 Å². The minimum Gasteiger partial charge on any atom is -0.452 e. The number of nitrogens with one attached hydrogen (secondary N) is 2. The van der Waals surface area contributed by atoms with Gasteiger partial charge in [0.2, 0.25) is 17.6 Å². The predicted molar refractivity (Wildman–Crippen MR) is 156 cm³/mol. The summed E-state index contributed by atoms with van der Waals surface area (Å²) in [5.41, 5.74) is 6.91. The maximum Gasteiger partial charge on any atom is 0.416 e. The van der Waals surface area contributed by atoms with Crippen LogP contribution in [0.1, 0.15) is 40.3 Å². The van der Waals surface area contributed by atoms with Crippen LogP contribution in [0.3, 0.4) is 0 Å². The van der Waals surface area contributed by atoms with Gasteiger partial charge in [-0.2, -0.15) is 0 Å². The number of nitrogens with two attached hydrogens (primary N) is 1. The summed E-state index contributed by atoms with van der Waals surface area (Å²) >= 11 is 0. The lowest BCUT2D eigenvalue weighted by Gasteiger charge is -2.15. The second-order valence-corrected chi connectivity index (χ2v) is 9.06. The van der Waals surface area contributed by atoms with Crippen molar-refractivity contribution in [3.63, 3.8) is 0 Å². The van der Waals surface area contributed by atoms with Gasteiger partial charge in [-0.3, -0.25) is 19.9 Å². The van der Waals surface area contributed by atoms with Gasteiger partial charge in [-0.25, -0.2) is 9.59 Å². The summed E-state index contributed by atoms with van der Waals surface area (Å²) in [7, 11) is 1.29. The molecule has 3 amide bonds. The maximum absolute atomic E-state index is 12.5. The first-order chi connectivity index (χ1) is 19.7. The number of imide groups is 1. The summed E-state index contributed by atoms with van der Waals surface area (Å²) in [6.07, 6.45) is -1.15. The quantitative estimate of drug-likeness (QED) is 0.104. The fraction of sp³-hybridized carbons (Fsp3) is 0.167. The summed E-state index contributed by atoms with van der Waals surface area (Å²) < 4.78 is 16.0. The normalized spacial score (nSPS) is 10.3. The molecule has 0 aliphatic rings. The van der Waals surface area contributed by atoms with Gasteiger partial charge in [0.05, 0.1) is 6.54 Å². The van der Waals surface area contributed by atoms with E-state index in [0.29, 0.717) is 17.1 Å². The average molecular weight is 593 g/mol. The second kappa shape index (κ2) is 14.5. The lowest BCUT2D eigenvalue weighted by molar-refractivity contribution is -0.131. The number of esters is 1. The zero-order valence-electron chi connectivity index (χ0n) is 22.6. The topological polar surface area (TPSA) is 165 Å². The van der Waals surface area contributed by atoms with Crippen molar-refractivity contribution in [2.24, 2.45) is 5.73 Å². The number of furan rings is 1. The molecule has 4 N–H and O–H groups in total. The monoisotopic (exact) mass is 592 g/mol. The van der Waals surface area contributed by atoms with Crippen LogP contribution in [0.25, 0.3) is 10.8 Å². The highest BCUT2D eigenvalue weighted by Crippen LogP contribution is 2.23. The van der Waals surface area contributed by atoms with Crippen molar-refractivity contribution >= 4 is 52.9 Å². The maximum atomic E-state index is 12.5. The largest absolute Gasteiger partial charge is 0.452 e. The number of hydrogen-bond donors (Lipinski definition) is 3. The Morgan fingerprint density at radius 1 is 0.929 bits per heavy atom. The minimum atomic E-state index is -0.805. The predicted octanol–water partition coefficient (Wildman–Crippen LogP) is 4.55. The number of carbonyl (C=O) groups is 4. The molecule has 4 rings (SSSR count). The Morgan fingerprint density at radius 3 is 2.38 bits per heavy atom. The average Bonchev–Trinajstić information content (AvgIpc) is 3.46. The molecular formula is C30H29ClN4O7. The molecule has 0 saturated carbocycles. The Labute approximate surface area is 247 Å². The molecule has 0 unspecified atom stereocenters. The number of carbonyl (C=O) groups excluding carboxylic acids is 4. The van der Waals surface area contributed by atoms with E-state index in [1.807, 2.05) is 18.2 Å². The van der Waals surface area contributed by atoms with Crippen LogP contribution in [-0.2, 0) is 27.5 Å². The number of nitrogens with zero attached hydrogens (tertiary/aromatic N) is 1. The van der Waals surface area contributed by atoms with E-state index in [-0.39, 0.29) is 50.0 Å². The molecule has 0 fully saturated rings. The summed E-state index contributed by atoms with van der Waals surface area (Å²) in [4.78, 5) is 50.0. The molecule has 0 atom stereocenters. The zero-order chi connectivity index (χ0) is 29.4. The van der Waals surface area contributed by atoms with Crippen molar-refractivity contribution in [3.05, 3.63) is 102 Å². The Morgan fingerprint density at radius 2 is 1.64 bits per heavy atom. The van der Waals surface area contributed by atoms with Gasteiger partial charge in [-0.05, 0) is 46.7 Å². The minimum absolute atomic E-state index is 0. The molecule has 0 radical (unpaired) electrons. The van der Waals surface area contributed by atoms with E-state index in [1.54, 1.807) is 48.5 Å². The van der Waals surface area contributed by atoms with Crippen LogP contribution >= 0.6 is 12.4 Å². The summed E-state index contributed by atoms with van der Waals surface area (Å²) in [6.45, 7) is 0.0193. The first kappa shape index (κ1) is 31.4. The number of benzene rings is 3. The third-order valence-electron chi connectivity index (χ3n) is 6.07. The third kappa shape index (κ3) is 8.42. The molecule has 0 saturated heterocycles. The second-order valence-electron chi connectivity index (χ2n) is 9.06. The van der Waals surface area contributed by atoms with Gasteiger partial charge in [0, 0.05) is 25.5 Å². The number of nitrogen functional groups attached to an aromatic ring is 1. The smallest absolute Gasteiger partial charge is 0.416 e. The molecule has 3 aromatic carbocycles. The van der Waals surface area contributed by atoms with E-state index in [1.165, 1.54) is 19.2 Å². The van der Waals surface area contributed by atoms with E-state index in [0.717, 1.165) is 21.2 Å². The highest BCUT2D eigenvalue weighted by molar-refractivity contribution is 5.99. The standard InChI is InChI=1S/C30H28N4O7.ClH/c1-34(30(38)39-18-19-5-3-2-4-6-19)27(36)14-13-26(35)33-17-24-11-12-25(40-24)29(37)41-23-10-9-20-15-22(28(31)32)8-7-21(20)16-23;/h2-12,15-16H,13-14,17-18H2,1H3,(H3,31,32)(H,33,35);1H. The van der Waals surface area contributed by atoms with Crippen molar-refractivity contribution in [2.45, 2.75) is 26.0 Å². The molecule has 1 heterocycles. The van der Waals surface area contributed by atoms with Crippen LogP contribution < -0.4 is 15.8 Å². The van der Waals surface area contributed by atoms with Gasteiger partial charge in [0.1, 0.15) is 24.0 Å². The first-order valence-electron chi connectivity index (χ1n) is 12.6. The molecule has 4 aromatic rings. The van der Waals surface area contributed by atoms with Crippen LogP contribution in [0, 0.1) is 5.41 Å². The number of halogens is 1. The van der Waals surface area contributed by atoms with Crippen molar-refractivity contribution in [2.75, 3.05) is 7.05 Å². The van der Waals surface area contributed by atoms with Gasteiger partial charge in [-0.1, -0.05) is 48.5 Å². The third-order valence-corrected chi connectivity index (χ3v) is 6.07. The molecular weight excluding hydrogens is 564 g/mol. The lowest BCUT2D eigenvalue weighted by atomic mass is 10.1. The summed E-state index contributed by atoms with van der Waals surface area (Å²) in [5.74, 6) is -1.17. The Kier molecular flexibility index (Phi) is 10.8. The number of amidine groups is 1. The van der Waals surface area contributed by atoms with Gasteiger partial charge >= 0.3 is 12.1 Å². The Balaban J connectivity index is 0.00000484. The summed E-state index contributed by atoms with van der Waals surface area (Å²) in [6, 6.07) is 22.3. The number of rotatable bonds is 10. The van der Waals surface area contributed by atoms with Crippen LogP contribution in [0.15, 0.2) is 83.3 Å². The first-order valence-corrected chi connectivity index (χ1v) is 12.6. The molecule has 0 aliphatic heterocycles. The van der Waals surface area contributed by atoms with E-state index >= 15 is 0 Å². The number of amides is 3. The van der Waals surface area contributed by atoms with E-state index in [2.05, 4.69) is 5.32 Å². The van der Waals surface area contributed by atoms with Crippen molar-refractivity contribution in [3.8, 4) is 5.75 Å². The van der Waals surface area contributed by atoms with Crippen LogP contribution in [0.2, 0.25) is 0 Å².